The topological polar surface area (TPSA) is 17.1 Å². The molecule has 1 unspecified atom stereocenters. The zero-order chi connectivity index (χ0) is 11.9. The molecule has 0 aromatic heterocycles. The Morgan fingerprint density at radius 1 is 1.38 bits per heavy atom. The summed E-state index contributed by atoms with van der Waals surface area (Å²) in [5, 5.41) is 0. The van der Waals surface area contributed by atoms with E-state index in [1.54, 1.807) is 0 Å². The maximum absolute atomic E-state index is 11.9. The van der Waals surface area contributed by atoms with Gasteiger partial charge in [-0.1, -0.05) is 39.8 Å². The van der Waals surface area contributed by atoms with Gasteiger partial charge in [-0.3, -0.25) is 4.79 Å². The van der Waals surface area contributed by atoms with Crippen molar-refractivity contribution in [1.29, 1.82) is 0 Å². The SMILES string of the molecule is CCC(C)c1ccc2c(c1)C(=O)CC2(C)C. The van der Waals surface area contributed by atoms with Crippen LogP contribution in [0.25, 0.3) is 0 Å². The molecule has 1 aromatic carbocycles. The van der Waals surface area contributed by atoms with Gasteiger partial charge in [-0.15, -0.1) is 0 Å². The van der Waals surface area contributed by atoms with Crippen molar-refractivity contribution < 1.29 is 4.79 Å². The maximum Gasteiger partial charge on any atom is 0.164 e. The lowest BCUT2D eigenvalue weighted by Gasteiger charge is -2.18. The van der Waals surface area contributed by atoms with Gasteiger partial charge in [0.2, 0.25) is 0 Å². The molecule has 0 saturated carbocycles. The lowest BCUT2D eigenvalue weighted by atomic mass is 9.85. The van der Waals surface area contributed by atoms with Crippen LogP contribution in [0.1, 0.15) is 67.9 Å². The second-order valence-corrected chi connectivity index (χ2v) is 5.60. The summed E-state index contributed by atoms with van der Waals surface area (Å²) in [4.78, 5) is 11.9. The van der Waals surface area contributed by atoms with Crippen LogP contribution in [-0.2, 0) is 5.41 Å². The van der Waals surface area contributed by atoms with Crippen LogP contribution in [0.5, 0.6) is 0 Å². The third kappa shape index (κ3) is 1.68. The summed E-state index contributed by atoms with van der Waals surface area (Å²) in [6.45, 7) is 8.70. The molecule has 1 aliphatic carbocycles. The van der Waals surface area contributed by atoms with Crippen LogP contribution < -0.4 is 0 Å². The number of benzene rings is 1. The maximum atomic E-state index is 11.9. The zero-order valence-corrected chi connectivity index (χ0v) is 10.6. The van der Waals surface area contributed by atoms with Crippen LogP contribution in [0.2, 0.25) is 0 Å². The Kier molecular flexibility index (Phi) is 2.65. The molecule has 0 radical (unpaired) electrons. The summed E-state index contributed by atoms with van der Waals surface area (Å²) in [5.41, 5.74) is 3.51. The Hall–Kier alpha value is -1.11. The highest BCUT2D eigenvalue weighted by atomic mass is 16.1. The molecule has 0 N–H and O–H groups in total. The molecule has 2 rings (SSSR count). The van der Waals surface area contributed by atoms with Crippen molar-refractivity contribution >= 4 is 5.78 Å². The largest absolute Gasteiger partial charge is 0.294 e. The predicted octanol–water partition coefficient (Wildman–Crippen LogP) is 4.06. The number of carbonyl (C=O) groups excluding carboxylic acids is 1. The highest BCUT2D eigenvalue weighted by molar-refractivity contribution is 6.02. The molecule has 0 amide bonds. The van der Waals surface area contributed by atoms with Gasteiger partial charge >= 0.3 is 0 Å². The lowest BCUT2D eigenvalue weighted by Crippen LogP contribution is -2.12. The molecule has 1 aliphatic rings. The second-order valence-electron chi connectivity index (χ2n) is 5.60. The summed E-state index contributed by atoms with van der Waals surface area (Å²) in [6.07, 6.45) is 1.78. The van der Waals surface area contributed by atoms with Crippen molar-refractivity contribution in [2.24, 2.45) is 0 Å². The molecular weight excluding hydrogens is 196 g/mol. The highest BCUT2D eigenvalue weighted by Gasteiger charge is 2.35. The van der Waals surface area contributed by atoms with Crippen LogP contribution in [0.15, 0.2) is 18.2 Å². The number of rotatable bonds is 2. The Labute approximate surface area is 97.9 Å². The average molecular weight is 216 g/mol. The van der Waals surface area contributed by atoms with Gasteiger partial charge in [0, 0.05) is 12.0 Å². The van der Waals surface area contributed by atoms with Crippen molar-refractivity contribution in [1.82, 2.24) is 0 Å². The van der Waals surface area contributed by atoms with Crippen molar-refractivity contribution in [2.75, 3.05) is 0 Å². The van der Waals surface area contributed by atoms with Crippen molar-refractivity contribution in [3.8, 4) is 0 Å². The quantitative estimate of drug-likeness (QED) is 0.728. The fourth-order valence-electron chi connectivity index (χ4n) is 2.52. The molecule has 86 valence electrons. The fraction of sp³-hybridized carbons (Fsp3) is 0.533. The third-order valence-electron chi connectivity index (χ3n) is 3.86. The monoisotopic (exact) mass is 216 g/mol. The van der Waals surface area contributed by atoms with E-state index < -0.39 is 0 Å². The molecule has 0 fully saturated rings. The van der Waals surface area contributed by atoms with E-state index in [0.717, 1.165) is 12.0 Å². The molecule has 1 nitrogen and oxygen atoms in total. The fourth-order valence-corrected chi connectivity index (χ4v) is 2.52. The highest BCUT2D eigenvalue weighted by Crippen LogP contribution is 2.39. The molecule has 0 aliphatic heterocycles. The summed E-state index contributed by atoms with van der Waals surface area (Å²) in [6, 6.07) is 6.45. The van der Waals surface area contributed by atoms with E-state index in [4.69, 9.17) is 0 Å². The van der Waals surface area contributed by atoms with E-state index in [0.29, 0.717) is 18.1 Å². The minimum Gasteiger partial charge on any atom is -0.294 e. The van der Waals surface area contributed by atoms with E-state index >= 15 is 0 Å². The van der Waals surface area contributed by atoms with Gasteiger partial charge in [0.25, 0.3) is 0 Å². The summed E-state index contributed by atoms with van der Waals surface area (Å²) < 4.78 is 0. The first-order valence-electron chi connectivity index (χ1n) is 6.13. The molecule has 0 saturated heterocycles. The van der Waals surface area contributed by atoms with E-state index in [1.165, 1.54) is 11.1 Å². The normalized spacial score (nSPS) is 19.6. The molecule has 0 spiro atoms. The summed E-state index contributed by atoms with van der Waals surface area (Å²) in [5.74, 6) is 0.854. The minimum atomic E-state index is 0.0282. The Bertz CT molecular complexity index is 429. The first-order valence-corrected chi connectivity index (χ1v) is 6.13. The standard InChI is InChI=1S/C15H20O/c1-5-10(2)11-6-7-13-12(8-11)14(16)9-15(13,3)4/h6-8,10H,5,9H2,1-4H3. The third-order valence-corrected chi connectivity index (χ3v) is 3.86. The Balaban J connectivity index is 2.48. The van der Waals surface area contributed by atoms with Crippen LogP contribution in [-0.4, -0.2) is 5.78 Å². The molecular formula is C15H20O. The summed E-state index contributed by atoms with van der Waals surface area (Å²) in [7, 11) is 0. The molecule has 0 heterocycles. The van der Waals surface area contributed by atoms with Gasteiger partial charge in [-0.05, 0) is 34.9 Å². The number of hydrogen-bond donors (Lipinski definition) is 0. The van der Waals surface area contributed by atoms with Crippen LogP contribution in [0.4, 0.5) is 0 Å². The van der Waals surface area contributed by atoms with Gasteiger partial charge < -0.3 is 0 Å². The van der Waals surface area contributed by atoms with Gasteiger partial charge in [-0.2, -0.15) is 0 Å². The van der Waals surface area contributed by atoms with Gasteiger partial charge in [0.05, 0.1) is 0 Å². The Morgan fingerprint density at radius 3 is 2.69 bits per heavy atom. The van der Waals surface area contributed by atoms with Crippen LogP contribution in [0.3, 0.4) is 0 Å². The van der Waals surface area contributed by atoms with E-state index in [1.807, 2.05) is 0 Å². The summed E-state index contributed by atoms with van der Waals surface area (Å²) >= 11 is 0. The Morgan fingerprint density at radius 2 is 2.06 bits per heavy atom. The molecule has 1 heteroatoms. The smallest absolute Gasteiger partial charge is 0.164 e. The molecule has 1 aromatic rings. The second kappa shape index (κ2) is 3.73. The number of hydrogen-bond acceptors (Lipinski definition) is 1. The van der Waals surface area contributed by atoms with Crippen molar-refractivity contribution in [3.63, 3.8) is 0 Å². The van der Waals surface area contributed by atoms with Crippen LogP contribution in [0, 0.1) is 0 Å². The van der Waals surface area contributed by atoms with E-state index in [-0.39, 0.29) is 5.41 Å². The minimum absolute atomic E-state index is 0.0282. The van der Waals surface area contributed by atoms with Crippen molar-refractivity contribution in [3.05, 3.63) is 34.9 Å². The molecule has 1 atom stereocenters. The number of fused-ring (bicyclic) bond motifs is 1. The number of Topliss-reactive ketones (excluding diaryl/α,β-unsaturated/α-hetero) is 1. The molecule has 16 heavy (non-hydrogen) atoms. The van der Waals surface area contributed by atoms with Crippen LogP contribution >= 0.6 is 0 Å². The average Bonchev–Trinajstić information content (AvgIpc) is 2.48. The van der Waals surface area contributed by atoms with Crippen molar-refractivity contribution in [2.45, 2.75) is 51.9 Å². The van der Waals surface area contributed by atoms with E-state index in [9.17, 15) is 4.79 Å². The first kappa shape index (κ1) is 11.4. The predicted molar refractivity (Wildman–Crippen MR) is 67.1 cm³/mol. The number of ketones is 1. The zero-order valence-electron chi connectivity index (χ0n) is 10.6. The van der Waals surface area contributed by atoms with Gasteiger partial charge in [-0.25, -0.2) is 0 Å². The van der Waals surface area contributed by atoms with E-state index in [2.05, 4.69) is 45.9 Å². The first-order chi connectivity index (χ1) is 7.45. The van der Waals surface area contributed by atoms with Gasteiger partial charge in [0.15, 0.2) is 5.78 Å². The van der Waals surface area contributed by atoms with Gasteiger partial charge in [0.1, 0.15) is 0 Å². The lowest BCUT2D eigenvalue weighted by molar-refractivity contribution is 0.0979. The number of carbonyl (C=O) groups is 1. The molecule has 0 bridgehead atoms.